The predicted molar refractivity (Wildman–Crippen MR) is 76.1 cm³/mol. The molecule has 0 aliphatic heterocycles. The molecule has 2 heteroatoms. The lowest BCUT2D eigenvalue weighted by atomic mass is 9.86. The molecule has 96 valence electrons. The van der Waals surface area contributed by atoms with E-state index in [1.54, 1.807) is 0 Å². The summed E-state index contributed by atoms with van der Waals surface area (Å²) >= 11 is 0. The van der Waals surface area contributed by atoms with Crippen molar-refractivity contribution in [2.75, 3.05) is 0 Å². The van der Waals surface area contributed by atoms with Crippen molar-refractivity contribution in [2.24, 2.45) is 0 Å². The van der Waals surface area contributed by atoms with Gasteiger partial charge in [-0.2, -0.15) is 0 Å². The summed E-state index contributed by atoms with van der Waals surface area (Å²) in [6, 6.07) is 19.5. The Hall–Kier alpha value is -2.35. The molecular formula is C17H16O2. The smallest absolute Gasteiger partial charge is 0.331 e. The summed E-state index contributed by atoms with van der Waals surface area (Å²) in [5.41, 5.74) is 2.33. The Morgan fingerprint density at radius 3 is 2.05 bits per heavy atom. The molecule has 0 saturated heterocycles. The van der Waals surface area contributed by atoms with Crippen molar-refractivity contribution in [3.05, 3.63) is 83.9 Å². The number of hydrogen-bond acceptors (Lipinski definition) is 1. The molecular weight excluding hydrogens is 236 g/mol. The van der Waals surface area contributed by atoms with E-state index < -0.39 is 5.97 Å². The SMILES string of the molecule is C=C(C(=O)O)C(Cc1ccccc1)c1ccccc1. The van der Waals surface area contributed by atoms with E-state index in [2.05, 4.69) is 6.58 Å². The maximum absolute atomic E-state index is 11.2. The van der Waals surface area contributed by atoms with Gasteiger partial charge in [-0.1, -0.05) is 67.2 Å². The summed E-state index contributed by atoms with van der Waals surface area (Å²) in [5.74, 6) is -1.13. The summed E-state index contributed by atoms with van der Waals surface area (Å²) in [6.07, 6.45) is 0.649. The highest BCUT2D eigenvalue weighted by molar-refractivity contribution is 5.87. The lowest BCUT2D eigenvalue weighted by Gasteiger charge is -2.17. The Bertz CT molecular complexity index is 558. The van der Waals surface area contributed by atoms with Crippen LogP contribution in [0.15, 0.2) is 72.8 Å². The standard InChI is InChI=1S/C17H16O2/c1-13(17(18)19)16(15-10-6-3-7-11-15)12-14-8-4-2-5-9-14/h2-11,16H,1,12H2,(H,18,19). The van der Waals surface area contributed by atoms with Gasteiger partial charge in [0, 0.05) is 11.5 Å². The van der Waals surface area contributed by atoms with Crippen LogP contribution >= 0.6 is 0 Å². The van der Waals surface area contributed by atoms with E-state index in [4.69, 9.17) is 0 Å². The molecule has 2 aromatic carbocycles. The van der Waals surface area contributed by atoms with Gasteiger partial charge in [0.25, 0.3) is 0 Å². The molecule has 1 unspecified atom stereocenters. The normalized spacial score (nSPS) is 11.8. The molecule has 0 aliphatic rings. The van der Waals surface area contributed by atoms with Gasteiger partial charge < -0.3 is 5.11 Å². The fourth-order valence-corrected chi connectivity index (χ4v) is 2.13. The van der Waals surface area contributed by atoms with Crippen LogP contribution < -0.4 is 0 Å². The van der Waals surface area contributed by atoms with E-state index in [1.807, 2.05) is 60.7 Å². The topological polar surface area (TPSA) is 37.3 Å². The molecule has 0 spiro atoms. The number of carbonyl (C=O) groups is 1. The Morgan fingerprint density at radius 2 is 1.53 bits per heavy atom. The highest BCUT2D eigenvalue weighted by atomic mass is 16.4. The summed E-state index contributed by atoms with van der Waals surface area (Å²) in [5, 5.41) is 9.19. The van der Waals surface area contributed by atoms with Gasteiger partial charge in [-0.3, -0.25) is 0 Å². The van der Waals surface area contributed by atoms with Crippen molar-refractivity contribution in [3.8, 4) is 0 Å². The van der Waals surface area contributed by atoms with E-state index in [0.29, 0.717) is 6.42 Å². The van der Waals surface area contributed by atoms with Gasteiger partial charge in [-0.05, 0) is 17.5 Å². The molecule has 0 amide bonds. The first-order valence-electron chi connectivity index (χ1n) is 6.19. The van der Waals surface area contributed by atoms with Crippen molar-refractivity contribution in [1.29, 1.82) is 0 Å². The Balaban J connectivity index is 2.30. The molecule has 19 heavy (non-hydrogen) atoms. The third kappa shape index (κ3) is 3.32. The van der Waals surface area contributed by atoms with Crippen LogP contribution in [-0.4, -0.2) is 11.1 Å². The molecule has 2 rings (SSSR count). The van der Waals surface area contributed by atoms with Crippen LogP contribution in [0.25, 0.3) is 0 Å². The van der Waals surface area contributed by atoms with Gasteiger partial charge in [-0.15, -0.1) is 0 Å². The third-order valence-corrected chi connectivity index (χ3v) is 3.18. The van der Waals surface area contributed by atoms with Crippen molar-refractivity contribution < 1.29 is 9.90 Å². The first-order chi connectivity index (χ1) is 9.18. The van der Waals surface area contributed by atoms with Crippen LogP contribution in [0, 0.1) is 0 Å². The second-order valence-electron chi connectivity index (χ2n) is 4.48. The lowest BCUT2D eigenvalue weighted by molar-refractivity contribution is -0.132. The van der Waals surface area contributed by atoms with E-state index >= 15 is 0 Å². The summed E-state index contributed by atoms with van der Waals surface area (Å²) in [7, 11) is 0. The molecule has 2 aromatic rings. The van der Waals surface area contributed by atoms with Gasteiger partial charge in [0.2, 0.25) is 0 Å². The number of aliphatic carboxylic acids is 1. The first-order valence-corrected chi connectivity index (χ1v) is 6.19. The Kier molecular flexibility index (Phi) is 4.14. The molecule has 1 atom stereocenters. The molecule has 0 aromatic heterocycles. The minimum Gasteiger partial charge on any atom is -0.478 e. The molecule has 0 bridgehead atoms. The average molecular weight is 252 g/mol. The Morgan fingerprint density at radius 1 is 1.00 bits per heavy atom. The molecule has 0 fully saturated rings. The minimum absolute atomic E-state index is 0.193. The van der Waals surface area contributed by atoms with Crippen LogP contribution in [0.5, 0.6) is 0 Å². The quantitative estimate of drug-likeness (QED) is 0.825. The van der Waals surface area contributed by atoms with Crippen LogP contribution in [0.1, 0.15) is 17.0 Å². The molecule has 2 nitrogen and oxygen atoms in total. The van der Waals surface area contributed by atoms with Crippen molar-refractivity contribution in [3.63, 3.8) is 0 Å². The van der Waals surface area contributed by atoms with Gasteiger partial charge in [0.05, 0.1) is 0 Å². The second-order valence-corrected chi connectivity index (χ2v) is 4.48. The highest BCUT2D eigenvalue weighted by Gasteiger charge is 2.20. The number of carboxylic acid groups (broad SMARTS) is 1. The zero-order chi connectivity index (χ0) is 13.7. The van der Waals surface area contributed by atoms with Gasteiger partial charge in [0.1, 0.15) is 0 Å². The van der Waals surface area contributed by atoms with Crippen molar-refractivity contribution >= 4 is 5.97 Å². The fraction of sp³-hybridized carbons (Fsp3) is 0.118. The predicted octanol–water partition coefficient (Wildman–Crippen LogP) is 3.65. The average Bonchev–Trinajstić information content (AvgIpc) is 2.46. The third-order valence-electron chi connectivity index (χ3n) is 3.18. The summed E-state index contributed by atoms with van der Waals surface area (Å²) in [4.78, 5) is 11.2. The molecule has 1 N–H and O–H groups in total. The van der Waals surface area contributed by atoms with Gasteiger partial charge >= 0.3 is 5.97 Å². The highest BCUT2D eigenvalue weighted by Crippen LogP contribution is 2.27. The first kappa shape index (κ1) is 13.1. The van der Waals surface area contributed by atoms with Crippen molar-refractivity contribution in [1.82, 2.24) is 0 Å². The van der Waals surface area contributed by atoms with Gasteiger partial charge in [0.15, 0.2) is 0 Å². The van der Waals surface area contributed by atoms with Crippen LogP contribution in [-0.2, 0) is 11.2 Å². The Labute approximate surface area is 113 Å². The second kappa shape index (κ2) is 6.01. The fourth-order valence-electron chi connectivity index (χ4n) is 2.13. The summed E-state index contributed by atoms with van der Waals surface area (Å²) < 4.78 is 0. The van der Waals surface area contributed by atoms with E-state index in [9.17, 15) is 9.90 Å². The monoisotopic (exact) mass is 252 g/mol. The number of hydrogen-bond donors (Lipinski definition) is 1. The summed E-state index contributed by atoms with van der Waals surface area (Å²) in [6.45, 7) is 3.73. The van der Waals surface area contributed by atoms with E-state index in [1.165, 1.54) is 0 Å². The van der Waals surface area contributed by atoms with Crippen LogP contribution in [0.4, 0.5) is 0 Å². The lowest BCUT2D eigenvalue weighted by Crippen LogP contribution is -2.12. The maximum atomic E-state index is 11.2. The largest absolute Gasteiger partial charge is 0.478 e. The zero-order valence-electron chi connectivity index (χ0n) is 10.6. The number of rotatable bonds is 5. The number of benzene rings is 2. The molecule has 0 radical (unpaired) electrons. The minimum atomic E-state index is -0.940. The van der Waals surface area contributed by atoms with Gasteiger partial charge in [-0.25, -0.2) is 4.79 Å². The molecule has 0 heterocycles. The maximum Gasteiger partial charge on any atom is 0.331 e. The van der Waals surface area contributed by atoms with Crippen LogP contribution in [0.3, 0.4) is 0 Å². The van der Waals surface area contributed by atoms with Crippen LogP contribution in [0.2, 0.25) is 0 Å². The number of carboxylic acids is 1. The van der Waals surface area contributed by atoms with Crippen molar-refractivity contribution in [2.45, 2.75) is 12.3 Å². The zero-order valence-corrected chi connectivity index (χ0v) is 10.6. The molecule has 0 aliphatic carbocycles. The molecule has 0 saturated carbocycles. The van der Waals surface area contributed by atoms with E-state index in [0.717, 1.165) is 11.1 Å². The van der Waals surface area contributed by atoms with E-state index in [-0.39, 0.29) is 11.5 Å².